The van der Waals surface area contributed by atoms with Gasteiger partial charge in [0, 0.05) is 49.2 Å². The highest BCUT2D eigenvalue weighted by molar-refractivity contribution is 5.78. The fraction of sp³-hybridized carbons (Fsp3) is 0.308. The number of carbonyl (C=O) groups excluding carboxylic acids is 1. The number of nitrogens with zero attached hydrogens (tertiary/aromatic N) is 3. The summed E-state index contributed by atoms with van der Waals surface area (Å²) < 4.78 is 10.5. The second-order valence-electron chi connectivity index (χ2n) is 8.36. The Hall–Kier alpha value is -3.82. The summed E-state index contributed by atoms with van der Waals surface area (Å²) in [5, 5.41) is 13.4. The number of morpholine rings is 1. The molecule has 2 heterocycles. The van der Waals surface area contributed by atoms with Crippen molar-refractivity contribution in [2.75, 3.05) is 57.6 Å². The highest BCUT2D eigenvalue weighted by Gasteiger charge is 2.15. The molecular weight excluding hydrogens is 446 g/mol. The number of aromatic nitrogens is 1. The molecular formula is C26H31N5O4. The van der Waals surface area contributed by atoms with E-state index in [-0.39, 0.29) is 18.2 Å². The zero-order valence-corrected chi connectivity index (χ0v) is 20.0. The second-order valence-corrected chi connectivity index (χ2v) is 8.36. The standard InChI is InChI=1S/C26H31N5O4/c1-30(19-4-7-21(34-2)8-5-19)20-6-10-24(32)22(15-20)23-9-3-18(26(27)29-23)16-28-25(33)17-31-11-13-35-14-12-31/h3-10,15,32H,11-14,16-17H2,1-2H3,(H2,27,29)(H,28,33). The summed E-state index contributed by atoms with van der Waals surface area (Å²) in [5.41, 5.74) is 9.88. The summed E-state index contributed by atoms with van der Waals surface area (Å²) in [4.78, 5) is 20.8. The Morgan fingerprint density at radius 3 is 2.54 bits per heavy atom. The quantitative estimate of drug-likeness (QED) is 0.454. The van der Waals surface area contributed by atoms with E-state index in [9.17, 15) is 9.90 Å². The molecule has 0 saturated carbocycles. The zero-order valence-electron chi connectivity index (χ0n) is 20.0. The number of hydrogen-bond donors (Lipinski definition) is 3. The van der Waals surface area contributed by atoms with E-state index in [0.29, 0.717) is 36.8 Å². The van der Waals surface area contributed by atoms with Crippen molar-refractivity contribution in [3.8, 4) is 22.8 Å². The van der Waals surface area contributed by atoms with Crippen molar-refractivity contribution < 1.29 is 19.4 Å². The van der Waals surface area contributed by atoms with E-state index in [1.54, 1.807) is 19.2 Å². The molecule has 1 fully saturated rings. The predicted octanol–water partition coefficient (Wildman–Crippen LogP) is 2.76. The molecule has 0 unspecified atom stereocenters. The van der Waals surface area contributed by atoms with Crippen molar-refractivity contribution in [1.82, 2.24) is 15.2 Å². The molecule has 0 atom stereocenters. The number of anilines is 3. The maximum absolute atomic E-state index is 12.3. The lowest BCUT2D eigenvalue weighted by Crippen LogP contribution is -2.43. The summed E-state index contributed by atoms with van der Waals surface area (Å²) >= 11 is 0. The van der Waals surface area contributed by atoms with Crippen LogP contribution < -0.4 is 20.7 Å². The molecule has 1 amide bonds. The third kappa shape index (κ3) is 6.00. The van der Waals surface area contributed by atoms with Crippen molar-refractivity contribution in [2.45, 2.75) is 6.54 Å². The van der Waals surface area contributed by atoms with Gasteiger partial charge in [-0.05, 0) is 48.5 Å². The van der Waals surface area contributed by atoms with Crippen LogP contribution in [0.15, 0.2) is 54.6 Å². The van der Waals surface area contributed by atoms with Crippen molar-refractivity contribution >= 4 is 23.1 Å². The maximum Gasteiger partial charge on any atom is 0.234 e. The first kappa shape index (κ1) is 24.3. The van der Waals surface area contributed by atoms with Gasteiger partial charge in [0.25, 0.3) is 0 Å². The number of ether oxygens (including phenoxy) is 2. The van der Waals surface area contributed by atoms with Crippen molar-refractivity contribution in [3.63, 3.8) is 0 Å². The average molecular weight is 478 g/mol. The first-order chi connectivity index (χ1) is 16.9. The molecule has 0 radical (unpaired) electrons. The molecule has 1 saturated heterocycles. The number of phenolic OH excluding ortho intramolecular Hbond substituents is 1. The molecule has 35 heavy (non-hydrogen) atoms. The highest BCUT2D eigenvalue weighted by Crippen LogP contribution is 2.35. The predicted molar refractivity (Wildman–Crippen MR) is 136 cm³/mol. The molecule has 1 aromatic heterocycles. The Labute approximate surface area is 205 Å². The van der Waals surface area contributed by atoms with E-state index >= 15 is 0 Å². The Bertz CT molecular complexity index is 1160. The van der Waals surface area contributed by atoms with Crippen LogP contribution in [0.4, 0.5) is 17.2 Å². The molecule has 1 aliphatic heterocycles. The maximum atomic E-state index is 12.3. The van der Waals surface area contributed by atoms with E-state index in [1.807, 2.05) is 54.4 Å². The molecule has 4 rings (SSSR count). The molecule has 2 aromatic carbocycles. The SMILES string of the molecule is COc1ccc(N(C)c2ccc(O)c(-c3ccc(CNC(=O)CN4CCOCC4)c(N)n3)c2)cc1. The fourth-order valence-corrected chi connectivity index (χ4v) is 3.91. The number of benzene rings is 2. The smallest absolute Gasteiger partial charge is 0.234 e. The number of phenols is 1. The van der Waals surface area contributed by atoms with Gasteiger partial charge in [-0.2, -0.15) is 0 Å². The number of hydrogen-bond acceptors (Lipinski definition) is 8. The molecule has 184 valence electrons. The molecule has 9 heteroatoms. The van der Waals surface area contributed by atoms with Gasteiger partial charge in [0.2, 0.25) is 5.91 Å². The number of nitrogens with two attached hydrogens (primary N) is 1. The first-order valence-corrected chi connectivity index (χ1v) is 11.5. The fourth-order valence-electron chi connectivity index (χ4n) is 3.91. The lowest BCUT2D eigenvalue weighted by atomic mass is 10.1. The summed E-state index contributed by atoms with van der Waals surface area (Å²) in [6.07, 6.45) is 0. The molecule has 0 bridgehead atoms. The van der Waals surface area contributed by atoms with Crippen LogP contribution in [-0.2, 0) is 16.1 Å². The lowest BCUT2D eigenvalue weighted by molar-refractivity contribution is -0.123. The monoisotopic (exact) mass is 477 g/mol. The van der Waals surface area contributed by atoms with Crippen LogP contribution >= 0.6 is 0 Å². The van der Waals surface area contributed by atoms with Crippen molar-refractivity contribution in [2.24, 2.45) is 0 Å². The van der Waals surface area contributed by atoms with Gasteiger partial charge in [-0.15, -0.1) is 0 Å². The van der Waals surface area contributed by atoms with E-state index in [2.05, 4.69) is 15.2 Å². The molecule has 1 aliphatic rings. The number of amides is 1. The van der Waals surface area contributed by atoms with Crippen LogP contribution in [0.3, 0.4) is 0 Å². The van der Waals surface area contributed by atoms with E-state index in [4.69, 9.17) is 15.2 Å². The molecule has 4 N–H and O–H groups in total. The van der Waals surface area contributed by atoms with Gasteiger partial charge in [0.05, 0.1) is 32.6 Å². The second kappa shape index (κ2) is 11.1. The molecule has 0 spiro atoms. The van der Waals surface area contributed by atoms with Gasteiger partial charge >= 0.3 is 0 Å². The van der Waals surface area contributed by atoms with E-state index in [1.165, 1.54) is 0 Å². The van der Waals surface area contributed by atoms with Crippen LogP contribution in [-0.4, -0.2) is 67.9 Å². The first-order valence-electron chi connectivity index (χ1n) is 11.5. The van der Waals surface area contributed by atoms with Gasteiger partial charge in [-0.1, -0.05) is 6.07 Å². The topological polar surface area (TPSA) is 113 Å². The minimum absolute atomic E-state index is 0.0673. The van der Waals surface area contributed by atoms with Crippen molar-refractivity contribution in [3.05, 3.63) is 60.2 Å². The number of carbonyl (C=O) groups is 1. The van der Waals surface area contributed by atoms with Crippen LogP contribution in [0, 0.1) is 0 Å². The highest BCUT2D eigenvalue weighted by atomic mass is 16.5. The Morgan fingerprint density at radius 1 is 1.14 bits per heavy atom. The van der Waals surface area contributed by atoms with Gasteiger partial charge in [-0.3, -0.25) is 9.69 Å². The largest absolute Gasteiger partial charge is 0.507 e. The number of rotatable bonds is 8. The van der Waals surface area contributed by atoms with Gasteiger partial charge in [0.1, 0.15) is 17.3 Å². The third-order valence-electron chi connectivity index (χ3n) is 6.06. The number of nitrogen functional groups attached to an aromatic ring is 1. The zero-order chi connectivity index (χ0) is 24.8. The molecule has 3 aromatic rings. The number of nitrogens with one attached hydrogen (secondary N) is 1. The van der Waals surface area contributed by atoms with Crippen LogP contribution in [0.1, 0.15) is 5.56 Å². The van der Waals surface area contributed by atoms with Gasteiger partial charge in [-0.25, -0.2) is 4.98 Å². The number of methoxy groups -OCH3 is 1. The summed E-state index contributed by atoms with van der Waals surface area (Å²) in [6.45, 7) is 3.42. The minimum Gasteiger partial charge on any atom is -0.507 e. The van der Waals surface area contributed by atoms with Crippen molar-refractivity contribution in [1.29, 1.82) is 0 Å². The van der Waals surface area contributed by atoms with Crippen LogP contribution in [0.5, 0.6) is 11.5 Å². The van der Waals surface area contributed by atoms with Crippen LogP contribution in [0.2, 0.25) is 0 Å². The Morgan fingerprint density at radius 2 is 1.86 bits per heavy atom. The van der Waals surface area contributed by atoms with Gasteiger partial charge in [0.15, 0.2) is 0 Å². The average Bonchev–Trinajstić information content (AvgIpc) is 2.88. The van der Waals surface area contributed by atoms with Gasteiger partial charge < -0.3 is 30.5 Å². The molecule has 0 aliphatic carbocycles. The van der Waals surface area contributed by atoms with E-state index in [0.717, 1.165) is 35.8 Å². The summed E-state index contributed by atoms with van der Waals surface area (Å²) in [5.74, 6) is 1.13. The molecule has 9 nitrogen and oxygen atoms in total. The summed E-state index contributed by atoms with van der Waals surface area (Å²) in [7, 11) is 3.58. The summed E-state index contributed by atoms with van der Waals surface area (Å²) in [6, 6.07) is 16.7. The number of pyridine rings is 1. The lowest BCUT2D eigenvalue weighted by Gasteiger charge is -2.25. The normalized spacial score (nSPS) is 13.9. The van der Waals surface area contributed by atoms with Crippen LogP contribution in [0.25, 0.3) is 11.3 Å². The Balaban J connectivity index is 1.45. The van der Waals surface area contributed by atoms with E-state index < -0.39 is 0 Å². The Kier molecular flexibility index (Phi) is 7.69. The third-order valence-corrected chi connectivity index (χ3v) is 6.06. The number of aromatic hydroxyl groups is 1. The minimum atomic E-state index is -0.0673.